The Labute approximate surface area is 173 Å². The maximum Gasteiger partial charge on any atom is 0.138 e. The third kappa shape index (κ3) is 3.02. The Kier molecular flexibility index (Phi) is 4.94. The van der Waals surface area contributed by atoms with E-state index in [1.54, 1.807) is 0 Å². The molecule has 132 valence electrons. The zero-order valence-corrected chi connectivity index (χ0v) is 17.0. The van der Waals surface area contributed by atoms with Crippen LogP contribution in [-0.2, 0) is 5.54 Å². The summed E-state index contributed by atoms with van der Waals surface area (Å²) < 4.78 is 3.15. The maximum absolute atomic E-state index is 4.92. The zero-order valence-electron chi connectivity index (χ0n) is 14.8. The molecule has 0 unspecified atom stereocenters. The Hall–Kier alpha value is -2.66. The number of benzene rings is 3. The minimum absolute atomic E-state index is 0.565. The highest BCUT2D eigenvalue weighted by Crippen LogP contribution is 2.40. The molecular weight excluding hydrogens is 443 g/mol. The van der Waals surface area contributed by atoms with Gasteiger partial charge in [0.15, 0.2) is 0 Å². The molecule has 27 heavy (non-hydrogen) atoms. The van der Waals surface area contributed by atoms with Crippen molar-refractivity contribution in [1.82, 2.24) is 9.78 Å². The molecule has 0 atom stereocenters. The Bertz CT molecular complexity index is 941. The van der Waals surface area contributed by atoms with Crippen LogP contribution in [0.2, 0.25) is 0 Å². The molecule has 3 heteroatoms. The van der Waals surface area contributed by atoms with Crippen LogP contribution >= 0.6 is 22.6 Å². The second-order valence-corrected chi connectivity index (χ2v) is 7.48. The van der Waals surface area contributed by atoms with Crippen LogP contribution in [0.15, 0.2) is 104 Å². The van der Waals surface area contributed by atoms with E-state index in [1.807, 2.05) is 24.3 Å². The average molecular weight is 462 g/mol. The van der Waals surface area contributed by atoms with Gasteiger partial charge in [0.05, 0.1) is 9.26 Å². The molecule has 1 heterocycles. The van der Waals surface area contributed by atoms with Crippen LogP contribution in [0.25, 0.3) is 6.08 Å². The van der Waals surface area contributed by atoms with Crippen LogP contribution in [0, 0.1) is 3.57 Å². The normalized spacial score (nSPS) is 11.3. The summed E-state index contributed by atoms with van der Waals surface area (Å²) in [5, 5.41) is 4.92. The zero-order chi connectivity index (χ0) is 18.7. The fraction of sp³-hybridized carbons (Fsp3) is 0.0417. The van der Waals surface area contributed by atoms with Crippen molar-refractivity contribution in [3.63, 3.8) is 0 Å². The van der Waals surface area contributed by atoms with Gasteiger partial charge in [-0.2, -0.15) is 5.10 Å². The standard InChI is InChI=1S/C24H19IN2/c1-2-23-22(25)18-27(26-23)24(19-12-6-3-7-13-19,20-14-8-4-9-15-20)21-16-10-5-11-17-21/h2-18H,1H2. The number of halogens is 1. The monoisotopic (exact) mass is 462 g/mol. The van der Waals surface area contributed by atoms with Gasteiger partial charge in [-0.3, -0.25) is 4.68 Å². The summed E-state index contributed by atoms with van der Waals surface area (Å²) in [5.74, 6) is 0. The highest BCUT2D eigenvalue weighted by molar-refractivity contribution is 14.1. The second kappa shape index (κ2) is 7.53. The number of nitrogens with zero attached hydrogens (tertiary/aromatic N) is 2. The van der Waals surface area contributed by atoms with Crippen LogP contribution in [0.5, 0.6) is 0 Å². The van der Waals surface area contributed by atoms with Gasteiger partial charge in [-0.25, -0.2) is 0 Å². The summed E-state index contributed by atoms with van der Waals surface area (Å²) in [4.78, 5) is 0. The lowest BCUT2D eigenvalue weighted by Crippen LogP contribution is -2.38. The summed E-state index contributed by atoms with van der Waals surface area (Å²) in [6.45, 7) is 3.92. The Morgan fingerprint density at radius 2 is 1.15 bits per heavy atom. The predicted octanol–water partition coefficient (Wildman–Crippen LogP) is 5.97. The van der Waals surface area contributed by atoms with Crippen molar-refractivity contribution in [3.8, 4) is 0 Å². The Morgan fingerprint density at radius 3 is 1.48 bits per heavy atom. The fourth-order valence-corrected chi connectivity index (χ4v) is 4.20. The first-order chi connectivity index (χ1) is 13.3. The van der Waals surface area contributed by atoms with E-state index in [0.717, 1.165) is 26.0 Å². The Balaban J connectivity index is 2.14. The van der Waals surface area contributed by atoms with Gasteiger partial charge in [-0.1, -0.05) is 97.6 Å². The van der Waals surface area contributed by atoms with E-state index >= 15 is 0 Å². The third-order valence-electron chi connectivity index (χ3n) is 4.81. The van der Waals surface area contributed by atoms with Crippen molar-refractivity contribution in [1.29, 1.82) is 0 Å². The smallest absolute Gasteiger partial charge is 0.138 e. The summed E-state index contributed by atoms with van der Waals surface area (Å²) in [6, 6.07) is 31.6. The van der Waals surface area contributed by atoms with E-state index < -0.39 is 5.54 Å². The molecule has 4 rings (SSSR count). The maximum atomic E-state index is 4.92. The lowest BCUT2D eigenvalue weighted by atomic mass is 9.77. The summed E-state index contributed by atoms with van der Waals surface area (Å²) in [5.41, 5.74) is 3.82. The van der Waals surface area contributed by atoms with Gasteiger partial charge in [-0.15, -0.1) is 0 Å². The summed E-state index contributed by atoms with van der Waals surface area (Å²) in [7, 11) is 0. The lowest BCUT2D eigenvalue weighted by molar-refractivity contribution is 0.459. The van der Waals surface area contributed by atoms with Crippen LogP contribution in [0.4, 0.5) is 0 Å². The number of aromatic nitrogens is 2. The lowest BCUT2D eigenvalue weighted by Gasteiger charge is -2.36. The van der Waals surface area contributed by atoms with E-state index in [9.17, 15) is 0 Å². The van der Waals surface area contributed by atoms with Crippen molar-refractivity contribution in [2.45, 2.75) is 5.54 Å². The molecule has 0 saturated heterocycles. The molecule has 0 spiro atoms. The van der Waals surface area contributed by atoms with Gasteiger partial charge in [0.2, 0.25) is 0 Å². The molecule has 0 aliphatic rings. The first-order valence-corrected chi connectivity index (χ1v) is 9.89. The molecular formula is C24H19IN2. The molecule has 0 saturated carbocycles. The van der Waals surface area contributed by atoms with Crippen molar-refractivity contribution in [3.05, 3.63) is 130 Å². The highest BCUT2D eigenvalue weighted by atomic mass is 127. The van der Waals surface area contributed by atoms with E-state index in [4.69, 9.17) is 5.10 Å². The summed E-state index contributed by atoms with van der Waals surface area (Å²) in [6.07, 6.45) is 3.91. The second-order valence-electron chi connectivity index (χ2n) is 6.32. The number of hydrogen-bond acceptors (Lipinski definition) is 1. The molecule has 0 radical (unpaired) electrons. The largest absolute Gasteiger partial charge is 0.251 e. The fourth-order valence-electron chi connectivity index (χ4n) is 3.61. The van der Waals surface area contributed by atoms with E-state index in [0.29, 0.717) is 0 Å². The molecule has 3 aromatic carbocycles. The van der Waals surface area contributed by atoms with Gasteiger partial charge in [0.1, 0.15) is 5.54 Å². The molecule has 2 nitrogen and oxygen atoms in total. The van der Waals surface area contributed by atoms with Gasteiger partial charge >= 0.3 is 0 Å². The molecule has 0 fully saturated rings. The first kappa shape index (κ1) is 17.7. The SMILES string of the molecule is C=Cc1nn(C(c2ccccc2)(c2ccccc2)c2ccccc2)cc1I. The van der Waals surface area contributed by atoms with Gasteiger partial charge in [-0.05, 0) is 45.4 Å². The van der Waals surface area contributed by atoms with E-state index in [2.05, 4.69) is 113 Å². The molecule has 0 amide bonds. The average Bonchev–Trinajstić information content (AvgIpc) is 3.12. The molecule has 0 bridgehead atoms. The molecule has 4 aromatic rings. The molecule has 1 aromatic heterocycles. The minimum Gasteiger partial charge on any atom is -0.251 e. The van der Waals surface area contributed by atoms with Crippen LogP contribution in [0.1, 0.15) is 22.4 Å². The number of rotatable bonds is 5. The molecule has 0 aliphatic heterocycles. The van der Waals surface area contributed by atoms with Crippen molar-refractivity contribution in [2.75, 3.05) is 0 Å². The van der Waals surface area contributed by atoms with E-state index in [-0.39, 0.29) is 0 Å². The van der Waals surface area contributed by atoms with Crippen LogP contribution in [0.3, 0.4) is 0 Å². The Morgan fingerprint density at radius 1 is 0.741 bits per heavy atom. The highest BCUT2D eigenvalue weighted by Gasteiger charge is 2.39. The van der Waals surface area contributed by atoms with Gasteiger partial charge in [0.25, 0.3) is 0 Å². The minimum atomic E-state index is -0.565. The van der Waals surface area contributed by atoms with E-state index in [1.165, 1.54) is 0 Å². The van der Waals surface area contributed by atoms with Gasteiger partial charge in [0, 0.05) is 6.20 Å². The quantitative estimate of drug-likeness (QED) is 0.264. The van der Waals surface area contributed by atoms with Crippen molar-refractivity contribution in [2.24, 2.45) is 0 Å². The first-order valence-electron chi connectivity index (χ1n) is 8.81. The topological polar surface area (TPSA) is 17.8 Å². The number of hydrogen-bond donors (Lipinski definition) is 0. The van der Waals surface area contributed by atoms with Crippen molar-refractivity contribution < 1.29 is 0 Å². The third-order valence-corrected chi connectivity index (χ3v) is 5.64. The molecule has 0 N–H and O–H groups in total. The molecule has 0 aliphatic carbocycles. The predicted molar refractivity (Wildman–Crippen MR) is 120 cm³/mol. The van der Waals surface area contributed by atoms with Crippen LogP contribution < -0.4 is 0 Å². The van der Waals surface area contributed by atoms with Crippen LogP contribution in [-0.4, -0.2) is 9.78 Å². The van der Waals surface area contributed by atoms with Crippen molar-refractivity contribution >= 4 is 28.7 Å². The van der Waals surface area contributed by atoms with Gasteiger partial charge < -0.3 is 0 Å². The summed E-state index contributed by atoms with van der Waals surface area (Å²) >= 11 is 2.32.